The van der Waals surface area contributed by atoms with E-state index in [1.165, 1.54) is 6.07 Å². The second-order valence-corrected chi connectivity index (χ2v) is 8.52. The van der Waals surface area contributed by atoms with Gasteiger partial charge >= 0.3 is 0 Å². The summed E-state index contributed by atoms with van der Waals surface area (Å²) in [6.45, 7) is 0.209. The molecule has 1 aliphatic rings. The number of rotatable bonds is 7. The number of halogens is 1. The van der Waals surface area contributed by atoms with E-state index in [2.05, 4.69) is 5.73 Å². The molecular formula is C28H26FN3O4. The van der Waals surface area contributed by atoms with Crippen LogP contribution in [0.2, 0.25) is 0 Å². The van der Waals surface area contributed by atoms with Gasteiger partial charge in [0.05, 0.1) is 11.2 Å². The van der Waals surface area contributed by atoms with Crippen LogP contribution in [-0.2, 0) is 22.6 Å². The Bertz CT molecular complexity index is 1360. The van der Waals surface area contributed by atoms with E-state index >= 15 is 0 Å². The number of hydroxylamine groups is 1. The number of nitrogens with two attached hydrogens (primary N) is 1. The van der Waals surface area contributed by atoms with Crippen molar-refractivity contribution in [3.05, 3.63) is 95.8 Å². The highest BCUT2D eigenvalue weighted by atomic mass is 19.1. The molecule has 0 spiro atoms. The van der Waals surface area contributed by atoms with Crippen molar-refractivity contribution in [1.82, 2.24) is 10.5 Å². The molecular weight excluding hydrogens is 461 g/mol. The lowest BCUT2D eigenvalue weighted by Crippen LogP contribution is -2.21. The molecule has 0 aliphatic heterocycles. The molecule has 1 heterocycles. The Balaban J connectivity index is 0.000000967. The molecule has 1 fully saturated rings. The second kappa shape index (κ2) is 11.4. The Morgan fingerprint density at radius 2 is 1.83 bits per heavy atom. The van der Waals surface area contributed by atoms with Crippen molar-refractivity contribution in [2.24, 2.45) is 17.6 Å². The molecule has 1 aliphatic carbocycles. The zero-order valence-corrected chi connectivity index (χ0v) is 19.4. The molecule has 4 N–H and O–H groups in total. The van der Waals surface area contributed by atoms with E-state index in [4.69, 9.17) is 19.7 Å². The highest BCUT2D eigenvalue weighted by Crippen LogP contribution is 2.41. The zero-order chi connectivity index (χ0) is 25.5. The largest absolute Gasteiger partial charge is 0.486 e. The van der Waals surface area contributed by atoms with Crippen LogP contribution < -0.4 is 16.0 Å². The van der Waals surface area contributed by atoms with Crippen LogP contribution >= 0.6 is 0 Å². The third kappa shape index (κ3) is 5.84. The number of pyridine rings is 1. The Hall–Kier alpha value is -4.30. The predicted octanol–water partition coefficient (Wildman–Crippen LogP) is 4.41. The van der Waals surface area contributed by atoms with Gasteiger partial charge in [-0.15, -0.1) is 0 Å². The highest BCUT2D eigenvalue weighted by Gasteiger charge is 2.42. The minimum Gasteiger partial charge on any atom is -0.486 e. The van der Waals surface area contributed by atoms with Crippen LogP contribution in [0.5, 0.6) is 5.75 Å². The maximum absolute atomic E-state index is 14.7. The van der Waals surface area contributed by atoms with Crippen molar-refractivity contribution in [1.29, 1.82) is 0 Å². The van der Waals surface area contributed by atoms with Crippen molar-refractivity contribution >= 4 is 23.2 Å². The molecule has 2 unspecified atom stereocenters. The third-order valence-corrected chi connectivity index (χ3v) is 6.12. The average molecular weight is 488 g/mol. The number of ether oxygens (including phenoxy) is 1. The molecule has 5 rings (SSSR count). The number of amides is 2. The minimum absolute atomic E-state index is 0.128. The van der Waals surface area contributed by atoms with Gasteiger partial charge in [0.1, 0.15) is 6.61 Å². The molecule has 8 heteroatoms. The zero-order valence-electron chi connectivity index (χ0n) is 19.4. The van der Waals surface area contributed by atoms with Gasteiger partial charge in [-0.1, -0.05) is 54.6 Å². The summed E-state index contributed by atoms with van der Waals surface area (Å²) in [5.41, 5.74) is 10.3. The maximum atomic E-state index is 14.7. The number of para-hydroxylation sites is 1. The molecule has 0 radical (unpaired) electrons. The van der Waals surface area contributed by atoms with Gasteiger partial charge in [0.15, 0.2) is 11.6 Å². The molecule has 4 aromatic rings. The van der Waals surface area contributed by atoms with Gasteiger partial charge in [0.2, 0.25) is 12.3 Å². The normalized spacial score (nSPS) is 15.9. The van der Waals surface area contributed by atoms with Crippen molar-refractivity contribution in [2.45, 2.75) is 19.4 Å². The number of nitrogens with zero attached hydrogens (tertiary/aromatic N) is 1. The number of hydrogen-bond acceptors (Lipinski definition) is 5. The van der Waals surface area contributed by atoms with E-state index in [9.17, 15) is 9.18 Å². The van der Waals surface area contributed by atoms with E-state index in [0.29, 0.717) is 12.8 Å². The first-order valence-corrected chi connectivity index (χ1v) is 11.5. The smallest absolute Gasteiger partial charge is 0.246 e. The number of carbonyl (C=O) groups excluding carboxylic acids is 2. The summed E-state index contributed by atoms with van der Waals surface area (Å²) in [5, 5.41) is 9.70. The second-order valence-electron chi connectivity index (χ2n) is 8.52. The third-order valence-electron chi connectivity index (χ3n) is 6.12. The quantitative estimate of drug-likeness (QED) is 0.203. The molecule has 36 heavy (non-hydrogen) atoms. The fourth-order valence-electron chi connectivity index (χ4n) is 4.25. The van der Waals surface area contributed by atoms with E-state index in [1.807, 2.05) is 66.7 Å². The lowest BCUT2D eigenvalue weighted by atomic mass is 10.0. The number of aromatic nitrogens is 1. The molecule has 0 saturated heterocycles. The number of nitrogens with one attached hydrogen (secondary N) is 1. The van der Waals surface area contributed by atoms with Gasteiger partial charge in [-0.25, -0.2) is 14.9 Å². The molecule has 184 valence electrons. The number of benzene rings is 3. The predicted molar refractivity (Wildman–Crippen MR) is 133 cm³/mol. The number of primary amides is 1. The SMILES string of the molecule is NC=O.O=C(NO)C1CC1Cc1ccc(OCc2cc(-c3ccccc3)nc3ccccc23)c(F)c1. The summed E-state index contributed by atoms with van der Waals surface area (Å²) in [6.07, 6.45) is 1.54. The van der Waals surface area contributed by atoms with Crippen molar-refractivity contribution in [3.63, 3.8) is 0 Å². The van der Waals surface area contributed by atoms with Crippen molar-refractivity contribution in [2.75, 3.05) is 0 Å². The van der Waals surface area contributed by atoms with Gasteiger partial charge in [-0.05, 0) is 48.6 Å². The number of carbonyl (C=O) groups is 2. The van der Waals surface area contributed by atoms with Crippen LogP contribution in [0.25, 0.3) is 22.2 Å². The van der Waals surface area contributed by atoms with Crippen LogP contribution in [0, 0.1) is 17.7 Å². The lowest BCUT2D eigenvalue weighted by Gasteiger charge is -2.12. The first kappa shape index (κ1) is 24.8. The Labute approximate surface area is 207 Å². The molecule has 7 nitrogen and oxygen atoms in total. The molecule has 1 aromatic heterocycles. The van der Waals surface area contributed by atoms with E-state index in [0.717, 1.165) is 33.3 Å². The van der Waals surface area contributed by atoms with Gasteiger partial charge in [-0.2, -0.15) is 0 Å². The average Bonchev–Trinajstić information content (AvgIpc) is 3.67. The number of fused-ring (bicyclic) bond motifs is 1. The monoisotopic (exact) mass is 487 g/mol. The van der Waals surface area contributed by atoms with Crippen LogP contribution in [0.3, 0.4) is 0 Å². The topological polar surface area (TPSA) is 115 Å². The number of hydrogen-bond donors (Lipinski definition) is 3. The minimum atomic E-state index is -0.432. The summed E-state index contributed by atoms with van der Waals surface area (Å²) >= 11 is 0. The fourth-order valence-corrected chi connectivity index (χ4v) is 4.25. The molecule has 3 aromatic carbocycles. The Morgan fingerprint density at radius 3 is 2.56 bits per heavy atom. The van der Waals surface area contributed by atoms with Crippen molar-refractivity contribution < 1.29 is 23.9 Å². The summed E-state index contributed by atoms with van der Waals surface area (Å²) in [7, 11) is 0. The van der Waals surface area contributed by atoms with E-state index in [1.54, 1.807) is 11.5 Å². The summed E-state index contributed by atoms with van der Waals surface area (Å²) in [6, 6.07) is 24.7. The van der Waals surface area contributed by atoms with Crippen LogP contribution in [0.1, 0.15) is 17.5 Å². The van der Waals surface area contributed by atoms with Crippen LogP contribution in [0.15, 0.2) is 78.9 Å². The van der Waals surface area contributed by atoms with E-state index < -0.39 is 5.82 Å². The van der Waals surface area contributed by atoms with Crippen molar-refractivity contribution in [3.8, 4) is 17.0 Å². The summed E-state index contributed by atoms with van der Waals surface area (Å²) < 4.78 is 20.6. The maximum Gasteiger partial charge on any atom is 0.246 e. The first-order chi connectivity index (χ1) is 17.5. The van der Waals surface area contributed by atoms with Gasteiger partial charge < -0.3 is 10.5 Å². The van der Waals surface area contributed by atoms with E-state index in [-0.39, 0.29) is 36.5 Å². The Morgan fingerprint density at radius 1 is 1.11 bits per heavy atom. The van der Waals surface area contributed by atoms with Gasteiger partial charge in [-0.3, -0.25) is 14.8 Å². The standard InChI is InChI=1S/C27H23FN2O3.CH3NO/c28-23-13-17(12-19-14-22(19)27(31)30-32)10-11-26(23)33-16-20-15-25(18-6-2-1-3-7-18)29-24-9-5-4-8-21(20)24;2-1-3/h1-11,13,15,19,22,32H,12,14,16H2,(H,30,31);1H,(H2,2,3). The fraction of sp³-hybridized carbons (Fsp3) is 0.179. The summed E-state index contributed by atoms with van der Waals surface area (Å²) in [4.78, 5) is 24.8. The molecule has 0 bridgehead atoms. The molecule has 1 saturated carbocycles. The summed E-state index contributed by atoms with van der Waals surface area (Å²) in [5.74, 6) is -0.699. The first-order valence-electron chi connectivity index (χ1n) is 11.5. The highest BCUT2D eigenvalue weighted by molar-refractivity contribution is 5.85. The molecule has 2 atom stereocenters. The van der Waals surface area contributed by atoms with Crippen LogP contribution in [-0.4, -0.2) is 22.5 Å². The van der Waals surface area contributed by atoms with Gasteiger partial charge in [0, 0.05) is 22.4 Å². The lowest BCUT2D eigenvalue weighted by molar-refractivity contribution is -0.130. The molecule has 2 amide bonds. The van der Waals surface area contributed by atoms with Crippen LogP contribution in [0.4, 0.5) is 4.39 Å². The van der Waals surface area contributed by atoms with Gasteiger partial charge in [0.25, 0.3) is 0 Å². The Kier molecular flexibility index (Phi) is 7.87.